The van der Waals surface area contributed by atoms with Gasteiger partial charge >= 0.3 is 0 Å². The van der Waals surface area contributed by atoms with Crippen molar-refractivity contribution in [2.24, 2.45) is 7.05 Å². The molecule has 1 unspecified atom stereocenters. The fourth-order valence-corrected chi connectivity index (χ4v) is 4.10. The van der Waals surface area contributed by atoms with E-state index in [1.807, 2.05) is 29.6 Å². The smallest absolute Gasteiger partial charge is 0.264 e. The summed E-state index contributed by atoms with van der Waals surface area (Å²) in [6.45, 7) is 6.42. The van der Waals surface area contributed by atoms with Crippen LogP contribution in [0.2, 0.25) is 0 Å². The molecule has 1 aliphatic heterocycles. The minimum absolute atomic E-state index is 0.130. The number of rotatable bonds is 4. The predicted molar refractivity (Wildman–Crippen MR) is 88.5 cm³/mol. The number of hydrogen-bond acceptors (Lipinski definition) is 4. The lowest BCUT2D eigenvalue weighted by Crippen LogP contribution is -2.43. The summed E-state index contributed by atoms with van der Waals surface area (Å²) in [5.74, 6) is 0.130. The van der Waals surface area contributed by atoms with Crippen molar-refractivity contribution in [1.29, 1.82) is 0 Å². The lowest BCUT2D eigenvalue weighted by atomic mass is 10.1. The number of fused-ring (bicyclic) bond motifs is 1. The molecule has 0 N–H and O–H groups in total. The van der Waals surface area contributed by atoms with Gasteiger partial charge in [0.05, 0.1) is 16.7 Å². The zero-order valence-corrected chi connectivity index (χ0v) is 14.3. The van der Waals surface area contributed by atoms with Crippen LogP contribution in [-0.4, -0.2) is 46.4 Å². The highest BCUT2D eigenvalue weighted by Gasteiger charge is 2.26. The van der Waals surface area contributed by atoms with Crippen LogP contribution in [0.15, 0.2) is 6.07 Å². The van der Waals surface area contributed by atoms with E-state index in [1.165, 1.54) is 11.3 Å². The zero-order valence-electron chi connectivity index (χ0n) is 13.5. The van der Waals surface area contributed by atoms with Gasteiger partial charge in [0.15, 0.2) is 0 Å². The van der Waals surface area contributed by atoms with E-state index in [0.29, 0.717) is 6.54 Å². The van der Waals surface area contributed by atoms with E-state index < -0.39 is 0 Å². The number of aryl methyl sites for hydroxylation is 2. The van der Waals surface area contributed by atoms with Crippen molar-refractivity contribution in [2.75, 3.05) is 19.7 Å². The molecule has 0 aliphatic carbocycles. The van der Waals surface area contributed by atoms with Crippen molar-refractivity contribution in [1.82, 2.24) is 14.7 Å². The molecule has 3 rings (SSSR count). The average Bonchev–Trinajstić information content (AvgIpc) is 3.07. The van der Waals surface area contributed by atoms with Crippen LogP contribution < -0.4 is 0 Å². The molecule has 2 aromatic rings. The predicted octanol–water partition coefficient (Wildman–Crippen LogP) is 2.97. The molecule has 0 spiro atoms. The Balaban J connectivity index is 1.75. The third-order valence-corrected chi connectivity index (χ3v) is 5.32. The minimum Gasteiger partial charge on any atom is -0.376 e. The van der Waals surface area contributed by atoms with Crippen LogP contribution in [0.1, 0.15) is 41.6 Å². The van der Waals surface area contributed by atoms with Gasteiger partial charge in [-0.25, -0.2) is 0 Å². The Bertz CT molecular complexity index is 642. The highest BCUT2D eigenvalue weighted by Crippen LogP contribution is 2.29. The van der Waals surface area contributed by atoms with E-state index in [1.54, 1.807) is 0 Å². The zero-order chi connectivity index (χ0) is 15.7. The Hall–Kier alpha value is -1.40. The second-order valence-electron chi connectivity index (χ2n) is 5.92. The van der Waals surface area contributed by atoms with Crippen LogP contribution in [0.25, 0.3) is 10.2 Å². The summed E-state index contributed by atoms with van der Waals surface area (Å²) in [6.07, 6.45) is 3.29. The maximum atomic E-state index is 12.8. The average molecular weight is 321 g/mol. The van der Waals surface area contributed by atoms with Crippen molar-refractivity contribution in [3.05, 3.63) is 16.6 Å². The Kier molecular flexibility index (Phi) is 4.49. The van der Waals surface area contributed by atoms with Crippen LogP contribution in [0.3, 0.4) is 0 Å². The van der Waals surface area contributed by atoms with Gasteiger partial charge in [0, 0.05) is 32.1 Å². The number of ether oxygens (including phenoxy) is 1. The molecule has 1 amide bonds. The molecule has 3 heterocycles. The molecule has 22 heavy (non-hydrogen) atoms. The number of hydrogen-bond donors (Lipinski definition) is 0. The fourth-order valence-electron chi connectivity index (χ4n) is 3.01. The lowest BCUT2D eigenvalue weighted by molar-refractivity contribution is 0.00227. The van der Waals surface area contributed by atoms with Gasteiger partial charge < -0.3 is 9.64 Å². The van der Waals surface area contributed by atoms with Crippen LogP contribution in [-0.2, 0) is 11.8 Å². The topological polar surface area (TPSA) is 47.4 Å². The molecule has 0 saturated carbocycles. The number of nitrogens with zero attached hydrogens (tertiary/aromatic N) is 3. The summed E-state index contributed by atoms with van der Waals surface area (Å²) >= 11 is 1.53. The van der Waals surface area contributed by atoms with Gasteiger partial charge in [-0.15, -0.1) is 11.3 Å². The number of piperidine rings is 1. The SMILES string of the molecule is CCCOC1CCCN(C(=O)c2cc3c(C)nn(C)c3s2)C1. The molecule has 6 heteroatoms. The first kappa shape index (κ1) is 15.5. The van der Waals surface area contributed by atoms with Gasteiger partial charge in [0.25, 0.3) is 5.91 Å². The summed E-state index contributed by atoms with van der Waals surface area (Å²) in [5, 5.41) is 5.48. The summed E-state index contributed by atoms with van der Waals surface area (Å²) in [7, 11) is 1.93. The van der Waals surface area contributed by atoms with Crippen molar-refractivity contribution >= 4 is 27.5 Å². The van der Waals surface area contributed by atoms with E-state index in [4.69, 9.17) is 4.74 Å². The first-order valence-electron chi connectivity index (χ1n) is 7.94. The van der Waals surface area contributed by atoms with Crippen LogP contribution in [0.4, 0.5) is 0 Å². The lowest BCUT2D eigenvalue weighted by Gasteiger charge is -2.32. The summed E-state index contributed by atoms with van der Waals surface area (Å²) in [5.41, 5.74) is 0.982. The Morgan fingerprint density at radius 3 is 3.09 bits per heavy atom. The molecule has 5 nitrogen and oxygen atoms in total. The molecule has 0 radical (unpaired) electrons. The fraction of sp³-hybridized carbons (Fsp3) is 0.625. The van der Waals surface area contributed by atoms with Gasteiger partial charge in [0.2, 0.25) is 0 Å². The second kappa shape index (κ2) is 6.38. The maximum absolute atomic E-state index is 12.8. The molecule has 2 aromatic heterocycles. The quantitative estimate of drug-likeness (QED) is 0.870. The van der Waals surface area contributed by atoms with Crippen LogP contribution in [0.5, 0.6) is 0 Å². The summed E-state index contributed by atoms with van der Waals surface area (Å²) in [4.78, 5) is 16.6. The highest BCUT2D eigenvalue weighted by molar-refractivity contribution is 7.20. The molecular formula is C16H23N3O2S. The third kappa shape index (κ3) is 2.90. The van der Waals surface area contributed by atoms with Crippen LogP contribution in [0, 0.1) is 6.92 Å². The van der Waals surface area contributed by atoms with E-state index in [2.05, 4.69) is 12.0 Å². The number of thiophene rings is 1. The van der Waals surface area contributed by atoms with Gasteiger partial charge in [-0.1, -0.05) is 6.92 Å². The van der Waals surface area contributed by atoms with Gasteiger partial charge in [-0.2, -0.15) is 5.10 Å². The molecule has 0 bridgehead atoms. The first-order valence-corrected chi connectivity index (χ1v) is 8.75. The normalized spacial score (nSPS) is 19.0. The number of carbonyl (C=O) groups excluding carboxylic acids is 1. The summed E-state index contributed by atoms with van der Waals surface area (Å²) in [6, 6.07) is 1.99. The van der Waals surface area contributed by atoms with Crippen molar-refractivity contribution in [3.63, 3.8) is 0 Å². The monoisotopic (exact) mass is 321 g/mol. The number of amides is 1. The number of carbonyl (C=O) groups is 1. The number of likely N-dealkylation sites (tertiary alicyclic amines) is 1. The summed E-state index contributed by atoms with van der Waals surface area (Å²) < 4.78 is 7.68. The Labute approximate surface area is 134 Å². The maximum Gasteiger partial charge on any atom is 0.264 e. The largest absolute Gasteiger partial charge is 0.376 e. The Morgan fingerprint density at radius 1 is 1.55 bits per heavy atom. The molecule has 1 saturated heterocycles. The Morgan fingerprint density at radius 2 is 2.36 bits per heavy atom. The standard InChI is InChI=1S/C16H23N3O2S/c1-4-8-21-12-6-5-7-19(10-12)15(20)14-9-13-11(2)17-18(3)16(13)22-14/h9,12H,4-8,10H2,1-3H3. The minimum atomic E-state index is 0.130. The van der Waals surface area contributed by atoms with Crippen LogP contribution >= 0.6 is 11.3 Å². The molecular weight excluding hydrogens is 298 g/mol. The van der Waals surface area contributed by atoms with Gasteiger partial charge in [-0.3, -0.25) is 9.48 Å². The van der Waals surface area contributed by atoms with E-state index in [9.17, 15) is 4.79 Å². The van der Waals surface area contributed by atoms with E-state index >= 15 is 0 Å². The van der Waals surface area contributed by atoms with Crippen molar-refractivity contribution < 1.29 is 9.53 Å². The molecule has 1 aliphatic rings. The van der Waals surface area contributed by atoms with Crippen molar-refractivity contribution in [2.45, 2.75) is 39.2 Å². The number of aromatic nitrogens is 2. The second-order valence-corrected chi connectivity index (χ2v) is 6.96. The molecule has 1 atom stereocenters. The molecule has 0 aromatic carbocycles. The molecule has 1 fully saturated rings. The third-order valence-electron chi connectivity index (χ3n) is 4.13. The first-order chi connectivity index (χ1) is 10.6. The molecule has 120 valence electrons. The highest BCUT2D eigenvalue weighted by atomic mass is 32.1. The van der Waals surface area contributed by atoms with Gasteiger partial charge in [0.1, 0.15) is 4.83 Å². The van der Waals surface area contributed by atoms with E-state index in [-0.39, 0.29) is 12.0 Å². The van der Waals surface area contributed by atoms with Crippen molar-refractivity contribution in [3.8, 4) is 0 Å². The van der Waals surface area contributed by atoms with E-state index in [0.717, 1.165) is 53.2 Å². The van der Waals surface area contributed by atoms with Gasteiger partial charge in [-0.05, 0) is 32.3 Å².